The predicted molar refractivity (Wildman–Crippen MR) is 82.5 cm³/mol. The van der Waals surface area contributed by atoms with Crippen molar-refractivity contribution in [3.63, 3.8) is 0 Å². The number of hydrogen-bond donors (Lipinski definition) is 0. The van der Waals surface area contributed by atoms with Gasteiger partial charge in [0.25, 0.3) is 0 Å². The highest BCUT2D eigenvalue weighted by Gasteiger charge is 2.12. The number of alkyl halides is 1. The Hall–Kier alpha value is -0.650. The molecule has 2 aromatic carbocycles. The molecule has 0 aliphatic carbocycles. The average Bonchev–Trinajstić information content (AvgIpc) is 2.38. The van der Waals surface area contributed by atoms with Gasteiger partial charge in [-0.25, -0.2) is 8.78 Å². The highest BCUT2D eigenvalue weighted by Crippen LogP contribution is 2.27. The van der Waals surface area contributed by atoms with Crippen LogP contribution in [0.5, 0.6) is 5.75 Å². The molecule has 106 valence electrons. The summed E-state index contributed by atoms with van der Waals surface area (Å²) in [7, 11) is 0. The highest BCUT2D eigenvalue weighted by molar-refractivity contribution is 9.10. The molecule has 0 spiro atoms. The topological polar surface area (TPSA) is 9.23 Å². The van der Waals surface area contributed by atoms with E-state index in [0.29, 0.717) is 20.6 Å². The maximum Gasteiger partial charge on any atom is 0.133 e. The fourth-order valence-electron chi connectivity index (χ4n) is 1.65. The zero-order valence-corrected chi connectivity index (χ0v) is 14.0. The molecule has 2 rings (SSSR count). The Morgan fingerprint density at radius 2 is 1.75 bits per heavy atom. The molecule has 0 fully saturated rings. The predicted octanol–water partition coefficient (Wildman–Crippen LogP) is 5.85. The second-order valence-corrected chi connectivity index (χ2v) is 5.94. The Morgan fingerprint density at radius 1 is 1.10 bits per heavy atom. The lowest BCUT2D eigenvalue weighted by Crippen LogP contribution is -2.03. The van der Waals surface area contributed by atoms with Crippen LogP contribution in [0.1, 0.15) is 11.1 Å². The van der Waals surface area contributed by atoms with E-state index >= 15 is 0 Å². The zero-order chi connectivity index (χ0) is 14.7. The molecule has 0 saturated heterocycles. The van der Waals surface area contributed by atoms with E-state index in [2.05, 4.69) is 31.9 Å². The van der Waals surface area contributed by atoms with Gasteiger partial charge in [0.2, 0.25) is 0 Å². The minimum atomic E-state index is -0.647. The van der Waals surface area contributed by atoms with Gasteiger partial charge in [0, 0.05) is 20.4 Å². The largest absolute Gasteiger partial charge is 0.488 e. The lowest BCUT2D eigenvalue weighted by Gasteiger charge is -2.12. The minimum absolute atomic E-state index is 0.108. The van der Waals surface area contributed by atoms with Gasteiger partial charge in [-0.1, -0.05) is 43.5 Å². The molecule has 0 radical (unpaired) electrons. The molecule has 0 atom stereocenters. The smallest absolute Gasteiger partial charge is 0.133 e. The van der Waals surface area contributed by atoms with Crippen LogP contribution in [0.25, 0.3) is 0 Å². The van der Waals surface area contributed by atoms with Gasteiger partial charge < -0.3 is 4.74 Å². The average molecular weight is 426 g/mol. The van der Waals surface area contributed by atoms with Crippen LogP contribution in [0.2, 0.25) is 5.02 Å². The lowest BCUT2D eigenvalue weighted by molar-refractivity contribution is 0.290. The van der Waals surface area contributed by atoms with Crippen LogP contribution in [0, 0.1) is 11.6 Å². The molecule has 0 amide bonds. The van der Waals surface area contributed by atoms with Gasteiger partial charge in [-0.3, -0.25) is 0 Å². The van der Waals surface area contributed by atoms with Crippen molar-refractivity contribution in [2.24, 2.45) is 0 Å². The molecule has 20 heavy (non-hydrogen) atoms. The Kier molecular flexibility index (Phi) is 5.41. The highest BCUT2D eigenvalue weighted by atomic mass is 79.9. The second-order valence-electron chi connectivity index (χ2n) is 4.02. The quantitative estimate of drug-likeness (QED) is 0.557. The van der Waals surface area contributed by atoms with Crippen molar-refractivity contribution in [1.82, 2.24) is 0 Å². The molecule has 0 bridgehead atoms. The van der Waals surface area contributed by atoms with Crippen molar-refractivity contribution >= 4 is 43.5 Å². The van der Waals surface area contributed by atoms with E-state index in [1.54, 1.807) is 18.2 Å². The van der Waals surface area contributed by atoms with Crippen molar-refractivity contribution in [3.8, 4) is 5.75 Å². The van der Waals surface area contributed by atoms with Crippen molar-refractivity contribution in [3.05, 3.63) is 62.6 Å². The van der Waals surface area contributed by atoms with Crippen LogP contribution in [0.3, 0.4) is 0 Å². The molecule has 1 nitrogen and oxygen atoms in total. The van der Waals surface area contributed by atoms with Crippen LogP contribution in [0.4, 0.5) is 8.78 Å². The molecule has 0 aliphatic rings. The molecule has 0 saturated carbocycles. The summed E-state index contributed by atoms with van der Waals surface area (Å²) in [5.74, 6) is -0.759. The Balaban J connectivity index is 2.21. The summed E-state index contributed by atoms with van der Waals surface area (Å²) in [4.78, 5) is 0. The monoisotopic (exact) mass is 424 g/mol. The number of halogens is 5. The first-order valence-corrected chi connectivity index (χ1v) is 7.91. The summed E-state index contributed by atoms with van der Waals surface area (Å²) in [5, 5.41) is 1.11. The molecule has 0 aromatic heterocycles. The number of rotatable bonds is 4. The van der Waals surface area contributed by atoms with Gasteiger partial charge >= 0.3 is 0 Å². The van der Waals surface area contributed by atoms with Crippen molar-refractivity contribution in [2.75, 3.05) is 0 Å². The molecule has 6 heteroatoms. The van der Waals surface area contributed by atoms with E-state index in [-0.39, 0.29) is 12.2 Å². The summed E-state index contributed by atoms with van der Waals surface area (Å²) in [6.07, 6.45) is 0. The van der Waals surface area contributed by atoms with Crippen LogP contribution in [-0.2, 0) is 11.9 Å². The van der Waals surface area contributed by atoms with Crippen molar-refractivity contribution < 1.29 is 13.5 Å². The normalized spacial score (nSPS) is 10.7. The third-order valence-electron chi connectivity index (χ3n) is 2.64. The van der Waals surface area contributed by atoms with E-state index in [1.165, 1.54) is 12.1 Å². The summed E-state index contributed by atoms with van der Waals surface area (Å²) >= 11 is 12.2. The third kappa shape index (κ3) is 3.71. The fraction of sp³-hybridized carbons (Fsp3) is 0.143. The summed E-state index contributed by atoms with van der Waals surface area (Å²) in [6.45, 7) is -0.188. The lowest BCUT2D eigenvalue weighted by atomic mass is 10.2. The number of hydrogen-bond acceptors (Lipinski definition) is 1. The van der Waals surface area contributed by atoms with E-state index in [9.17, 15) is 8.78 Å². The molecule has 0 heterocycles. The van der Waals surface area contributed by atoms with Gasteiger partial charge in [0.05, 0.1) is 5.56 Å². The first kappa shape index (κ1) is 15.7. The van der Waals surface area contributed by atoms with E-state index in [4.69, 9.17) is 16.3 Å². The molecular formula is C14H9Br2ClF2O. The fourth-order valence-corrected chi connectivity index (χ4v) is 2.69. The molecule has 0 unspecified atom stereocenters. The first-order chi connectivity index (χ1) is 9.51. The summed E-state index contributed by atoms with van der Waals surface area (Å²) < 4.78 is 33.2. The minimum Gasteiger partial charge on any atom is -0.488 e. The number of benzene rings is 2. The van der Waals surface area contributed by atoms with Gasteiger partial charge in [0.1, 0.15) is 24.0 Å². The SMILES string of the molecule is Fc1cc(Br)cc(F)c1COc1ccc(Cl)cc1CBr. The van der Waals surface area contributed by atoms with Crippen LogP contribution in [-0.4, -0.2) is 0 Å². The summed E-state index contributed by atoms with van der Waals surface area (Å²) in [6, 6.07) is 7.48. The van der Waals surface area contributed by atoms with E-state index in [1.807, 2.05) is 0 Å². The third-order valence-corrected chi connectivity index (χ3v) is 3.94. The van der Waals surface area contributed by atoms with E-state index < -0.39 is 11.6 Å². The Morgan fingerprint density at radius 3 is 2.35 bits per heavy atom. The Labute approximate surface area is 137 Å². The zero-order valence-electron chi connectivity index (χ0n) is 10.1. The standard InChI is InChI=1S/C14H9Br2ClF2O/c15-6-8-3-10(17)1-2-14(8)20-7-11-12(18)4-9(16)5-13(11)19/h1-5H,6-7H2. The molecular weight excluding hydrogens is 417 g/mol. The second kappa shape index (κ2) is 6.87. The Bertz CT molecular complexity index is 612. The first-order valence-electron chi connectivity index (χ1n) is 5.62. The maximum absolute atomic E-state index is 13.7. The maximum atomic E-state index is 13.7. The molecule has 0 N–H and O–H groups in total. The van der Waals surface area contributed by atoms with Crippen molar-refractivity contribution in [1.29, 1.82) is 0 Å². The van der Waals surface area contributed by atoms with Crippen LogP contribution >= 0.6 is 43.5 Å². The summed E-state index contributed by atoms with van der Waals surface area (Å²) in [5.41, 5.74) is 0.708. The van der Waals surface area contributed by atoms with Crippen LogP contribution in [0.15, 0.2) is 34.8 Å². The molecule has 2 aromatic rings. The van der Waals surface area contributed by atoms with Gasteiger partial charge in [-0.15, -0.1) is 0 Å². The van der Waals surface area contributed by atoms with Crippen LogP contribution < -0.4 is 4.74 Å². The molecule has 0 aliphatic heterocycles. The van der Waals surface area contributed by atoms with E-state index in [0.717, 1.165) is 5.56 Å². The van der Waals surface area contributed by atoms with Crippen molar-refractivity contribution in [2.45, 2.75) is 11.9 Å². The number of ether oxygens (including phenoxy) is 1. The van der Waals surface area contributed by atoms with Gasteiger partial charge in [-0.05, 0) is 30.3 Å². The van der Waals surface area contributed by atoms with Gasteiger partial charge in [-0.2, -0.15) is 0 Å². The van der Waals surface area contributed by atoms with Gasteiger partial charge in [0.15, 0.2) is 0 Å².